The third-order valence-electron chi connectivity index (χ3n) is 3.76. The third-order valence-corrected chi connectivity index (χ3v) is 3.76. The quantitative estimate of drug-likeness (QED) is 0.713. The molecule has 1 fully saturated rings. The van der Waals surface area contributed by atoms with Crippen LogP contribution in [0.3, 0.4) is 0 Å². The molecule has 5 N–H and O–H groups in total. The number of nitrogen functional groups attached to an aromatic ring is 2. The van der Waals surface area contributed by atoms with E-state index < -0.39 is 0 Å². The maximum atomic E-state index is 9.25. The van der Waals surface area contributed by atoms with Crippen LogP contribution in [0.15, 0.2) is 18.2 Å². The monoisotopic (exact) mass is 249 g/mol. The summed E-state index contributed by atoms with van der Waals surface area (Å²) in [5.41, 5.74) is 13.9. The number of rotatable bonds is 4. The van der Waals surface area contributed by atoms with Crippen LogP contribution in [-0.4, -0.2) is 24.3 Å². The highest BCUT2D eigenvalue weighted by Gasteiger charge is 2.21. The van der Waals surface area contributed by atoms with Crippen molar-refractivity contribution in [2.75, 3.05) is 29.5 Å². The van der Waals surface area contributed by atoms with Crippen LogP contribution >= 0.6 is 0 Å². The number of benzene rings is 1. The van der Waals surface area contributed by atoms with Gasteiger partial charge in [0, 0.05) is 18.3 Å². The van der Waals surface area contributed by atoms with E-state index in [0.717, 1.165) is 5.69 Å². The molecule has 0 aromatic heterocycles. The van der Waals surface area contributed by atoms with Crippen molar-refractivity contribution in [1.82, 2.24) is 0 Å². The van der Waals surface area contributed by atoms with E-state index in [9.17, 15) is 5.11 Å². The summed E-state index contributed by atoms with van der Waals surface area (Å²) in [6.45, 7) is 0.828. The highest BCUT2D eigenvalue weighted by atomic mass is 16.3. The van der Waals surface area contributed by atoms with E-state index in [1.165, 1.54) is 32.1 Å². The fourth-order valence-electron chi connectivity index (χ4n) is 2.76. The van der Waals surface area contributed by atoms with E-state index in [0.29, 0.717) is 24.0 Å². The molecule has 1 aliphatic carbocycles. The van der Waals surface area contributed by atoms with Crippen LogP contribution in [-0.2, 0) is 0 Å². The number of nitrogens with two attached hydrogens (primary N) is 2. The van der Waals surface area contributed by atoms with Crippen LogP contribution < -0.4 is 16.4 Å². The van der Waals surface area contributed by atoms with Crippen LogP contribution in [0.4, 0.5) is 17.1 Å². The number of anilines is 3. The molecule has 1 aliphatic rings. The van der Waals surface area contributed by atoms with E-state index in [1.54, 1.807) is 0 Å². The summed E-state index contributed by atoms with van der Waals surface area (Å²) in [5, 5.41) is 9.25. The molecule has 0 saturated heterocycles. The predicted octanol–water partition coefficient (Wildman–Crippen LogP) is 1.98. The van der Waals surface area contributed by atoms with Crippen molar-refractivity contribution < 1.29 is 5.11 Å². The fourth-order valence-corrected chi connectivity index (χ4v) is 2.76. The normalized spacial score (nSPS) is 16.7. The molecule has 0 amide bonds. The molecule has 0 spiro atoms. The average Bonchev–Trinajstić information content (AvgIpc) is 2.40. The van der Waals surface area contributed by atoms with Crippen LogP contribution in [0.5, 0.6) is 0 Å². The van der Waals surface area contributed by atoms with E-state index in [2.05, 4.69) is 4.90 Å². The van der Waals surface area contributed by atoms with Gasteiger partial charge in [0.1, 0.15) is 0 Å². The summed E-state index contributed by atoms with van der Waals surface area (Å²) in [4.78, 5) is 2.27. The van der Waals surface area contributed by atoms with Gasteiger partial charge in [-0.2, -0.15) is 0 Å². The van der Waals surface area contributed by atoms with Crippen LogP contribution in [0, 0.1) is 0 Å². The van der Waals surface area contributed by atoms with Gasteiger partial charge in [0.15, 0.2) is 0 Å². The molecule has 0 heterocycles. The first-order chi connectivity index (χ1) is 8.72. The summed E-state index contributed by atoms with van der Waals surface area (Å²) in [7, 11) is 0. The number of aliphatic hydroxyl groups excluding tert-OH is 1. The zero-order chi connectivity index (χ0) is 13.0. The van der Waals surface area contributed by atoms with Gasteiger partial charge >= 0.3 is 0 Å². The molecule has 1 saturated carbocycles. The second kappa shape index (κ2) is 5.96. The minimum Gasteiger partial charge on any atom is -0.397 e. The van der Waals surface area contributed by atoms with Gasteiger partial charge in [-0.05, 0) is 31.0 Å². The molecule has 1 aromatic rings. The van der Waals surface area contributed by atoms with Crippen molar-refractivity contribution in [2.45, 2.75) is 38.1 Å². The van der Waals surface area contributed by atoms with Gasteiger partial charge < -0.3 is 21.5 Å². The van der Waals surface area contributed by atoms with Crippen molar-refractivity contribution >= 4 is 17.1 Å². The Morgan fingerprint density at radius 1 is 1.11 bits per heavy atom. The Labute approximate surface area is 109 Å². The lowest BCUT2D eigenvalue weighted by Gasteiger charge is -2.36. The molecule has 0 radical (unpaired) electrons. The van der Waals surface area contributed by atoms with E-state index in [4.69, 9.17) is 11.5 Å². The van der Waals surface area contributed by atoms with Crippen molar-refractivity contribution in [3.63, 3.8) is 0 Å². The first kappa shape index (κ1) is 13.0. The number of aliphatic hydroxyl groups is 1. The summed E-state index contributed by atoms with van der Waals surface area (Å²) < 4.78 is 0. The molecule has 1 aromatic carbocycles. The second-order valence-electron chi connectivity index (χ2n) is 5.02. The van der Waals surface area contributed by atoms with Crippen LogP contribution in [0.1, 0.15) is 32.1 Å². The molecule has 4 nitrogen and oxygen atoms in total. The summed E-state index contributed by atoms with van der Waals surface area (Å²) in [5.74, 6) is 0. The molecular weight excluding hydrogens is 226 g/mol. The highest BCUT2D eigenvalue weighted by Crippen LogP contribution is 2.29. The average molecular weight is 249 g/mol. The fraction of sp³-hybridized carbons (Fsp3) is 0.571. The van der Waals surface area contributed by atoms with Gasteiger partial charge in [0.2, 0.25) is 0 Å². The largest absolute Gasteiger partial charge is 0.397 e. The maximum Gasteiger partial charge on any atom is 0.0606 e. The van der Waals surface area contributed by atoms with Gasteiger partial charge in [-0.25, -0.2) is 0 Å². The Kier molecular flexibility index (Phi) is 4.31. The highest BCUT2D eigenvalue weighted by molar-refractivity contribution is 5.70. The lowest BCUT2D eigenvalue weighted by atomic mass is 9.93. The molecule has 0 bridgehead atoms. The smallest absolute Gasteiger partial charge is 0.0606 e. The van der Waals surface area contributed by atoms with Crippen molar-refractivity contribution in [1.29, 1.82) is 0 Å². The minimum absolute atomic E-state index is 0.167. The lowest BCUT2D eigenvalue weighted by Crippen LogP contribution is -2.38. The third kappa shape index (κ3) is 2.88. The first-order valence-electron chi connectivity index (χ1n) is 6.75. The number of hydrogen-bond acceptors (Lipinski definition) is 4. The van der Waals surface area contributed by atoms with Gasteiger partial charge in [-0.15, -0.1) is 0 Å². The Morgan fingerprint density at radius 3 is 2.44 bits per heavy atom. The maximum absolute atomic E-state index is 9.25. The SMILES string of the molecule is Nc1ccc(N(CCO)C2CCCCC2)cc1N. The summed E-state index contributed by atoms with van der Waals surface area (Å²) in [6, 6.07) is 6.28. The minimum atomic E-state index is 0.167. The molecule has 0 unspecified atom stereocenters. The zero-order valence-corrected chi connectivity index (χ0v) is 10.8. The molecule has 0 aliphatic heterocycles. The molecule has 18 heavy (non-hydrogen) atoms. The van der Waals surface area contributed by atoms with Gasteiger partial charge in [0.05, 0.1) is 18.0 Å². The van der Waals surface area contributed by atoms with Crippen LogP contribution in [0.2, 0.25) is 0 Å². The van der Waals surface area contributed by atoms with Gasteiger partial charge in [-0.1, -0.05) is 19.3 Å². The standard InChI is InChI=1S/C14H23N3O/c15-13-7-6-12(10-14(13)16)17(8-9-18)11-4-2-1-3-5-11/h6-7,10-11,18H,1-5,8-9,15-16H2. The molecular formula is C14H23N3O. The predicted molar refractivity (Wildman–Crippen MR) is 76.6 cm³/mol. The zero-order valence-electron chi connectivity index (χ0n) is 10.8. The molecule has 0 atom stereocenters. The molecule has 100 valence electrons. The molecule has 4 heteroatoms. The number of nitrogens with zero attached hydrogens (tertiary/aromatic N) is 1. The Balaban J connectivity index is 2.19. The van der Waals surface area contributed by atoms with Crippen molar-refractivity contribution in [3.05, 3.63) is 18.2 Å². The summed E-state index contributed by atoms with van der Waals surface area (Å²) >= 11 is 0. The lowest BCUT2D eigenvalue weighted by molar-refractivity contribution is 0.290. The van der Waals surface area contributed by atoms with Crippen LogP contribution in [0.25, 0.3) is 0 Å². The summed E-state index contributed by atoms with van der Waals surface area (Å²) in [6.07, 6.45) is 6.27. The Morgan fingerprint density at radius 2 is 1.83 bits per heavy atom. The topological polar surface area (TPSA) is 75.5 Å². The van der Waals surface area contributed by atoms with E-state index in [-0.39, 0.29) is 6.61 Å². The van der Waals surface area contributed by atoms with Crippen molar-refractivity contribution in [2.24, 2.45) is 0 Å². The number of hydrogen-bond donors (Lipinski definition) is 3. The Bertz CT molecular complexity index is 389. The van der Waals surface area contributed by atoms with E-state index >= 15 is 0 Å². The van der Waals surface area contributed by atoms with Gasteiger partial charge in [0.25, 0.3) is 0 Å². The van der Waals surface area contributed by atoms with Crippen molar-refractivity contribution in [3.8, 4) is 0 Å². The first-order valence-corrected chi connectivity index (χ1v) is 6.75. The molecule has 2 rings (SSSR count). The second-order valence-corrected chi connectivity index (χ2v) is 5.02. The van der Waals surface area contributed by atoms with Gasteiger partial charge in [-0.3, -0.25) is 0 Å². The Hall–Kier alpha value is -1.42. The van der Waals surface area contributed by atoms with E-state index in [1.807, 2.05) is 18.2 Å².